The summed E-state index contributed by atoms with van der Waals surface area (Å²) in [6.07, 6.45) is 2.74. The minimum absolute atomic E-state index is 0.00170. The number of nitrogens with zero attached hydrogens (tertiary/aromatic N) is 1. The maximum absolute atomic E-state index is 12.1. The fourth-order valence-electron chi connectivity index (χ4n) is 2.35. The Labute approximate surface area is 125 Å². The van der Waals surface area contributed by atoms with Crippen LogP contribution in [0, 0.1) is 6.92 Å². The molecular weight excluding hydrogens is 268 g/mol. The lowest BCUT2D eigenvalue weighted by Crippen LogP contribution is -2.43. The maximum atomic E-state index is 12.1. The molecule has 0 aromatic heterocycles. The summed E-state index contributed by atoms with van der Waals surface area (Å²) in [7, 11) is 0. The van der Waals surface area contributed by atoms with Crippen molar-refractivity contribution in [1.29, 1.82) is 0 Å². The van der Waals surface area contributed by atoms with Gasteiger partial charge in [-0.05, 0) is 37.3 Å². The molecule has 1 aromatic rings. The molecule has 0 radical (unpaired) electrons. The highest BCUT2D eigenvalue weighted by Crippen LogP contribution is 2.26. The second-order valence-corrected chi connectivity index (χ2v) is 5.48. The molecule has 0 atom stereocenters. The lowest BCUT2D eigenvalue weighted by molar-refractivity contribution is -0.137. The highest BCUT2D eigenvalue weighted by molar-refractivity contribution is 5.76. The number of aliphatic carboxylic acids is 1. The first-order valence-electron chi connectivity index (χ1n) is 7.38. The molecule has 0 spiro atoms. The van der Waals surface area contributed by atoms with E-state index < -0.39 is 5.97 Å². The van der Waals surface area contributed by atoms with Gasteiger partial charge in [-0.25, -0.2) is 4.79 Å². The number of hydrogen-bond donors (Lipinski definition) is 2. The Bertz CT molecular complexity index is 512. The first kappa shape index (κ1) is 15.4. The summed E-state index contributed by atoms with van der Waals surface area (Å²) in [6, 6.07) is 8.19. The van der Waals surface area contributed by atoms with Crippen molar-refractivity contribution in [3.63, 3.8) is 0 Å². The summed E-state index contributed by atoms with van der Waals surface area (Å²) >= 11 is 0. The molecule has 5 heteroatoms. The number of nitrogens with one attached hydrogen (secondary N) is 1. The number of aryl methyl sites for hydroxylation is 1. The predicted octanol–water partition coefficient (Wildman–Crippen LogP) is 2.19. The Morgan fingerprint density at radius 1 is 1.33 bits per heavy atom. The number of carbonyl (C=O) groups excluding carboxylic acids is 1. The molecule has 1 aliphatic carbocycles. The van der Waals surface area contributed by atoms with Gasteiger partial charge in [-0.1, -0.05) is 24.3 Å². The van der Waals surface area contributed by atoms with Crippen LogP contribution in [0.4, 0.5) is 4.79 Å². The van der Waals surface area contributed by atoms with E-state index in [1.54, 1.807) is 4.90 Å². The highest BCUT2D eigenvalue weighted by Gasteiger charge is 2.32. The number of amides is 2. The van der Waals surface area contributed by atoms with Crippen LogP contribution in [-0.4, -0.2) is 41.1 Å². The van der Waals surface area contributed by atoms with E-state index in [0.717, 1.165) is 19.3 Å². The molecule has 0 unspecified atom stereocenters. The summed E-state index contributed by atoms with van der Waals surface area (Å²) in [6.45, 7) is 2.91. The number of benzene rings is 1. The van der Waals surface area contributed by atoms with Gasteiger partial charge in [0.2, 0.25) is 0 Å². The van der Waals surface area contributed by atoms with Crippen molar-refractivity contribution in [2.45, 2.75) is 38.6 Å². The number of carboxylic acids is 1. The van der Waals surface area contributed by atoms with Crippen molar-refractivity contribution in [2.24, 2.45) is 0 Å². The monoisotopic (exact) mass is 290 g/mol. The molecule has 21 heavy (non-hydrogen) atoms. The minimum atomic E-state index is -0.867. The van der Waals surface area contributed by atoms with E-state index in [1.165, 1.54) is 11.1 Å². The van der Waals surface area contributed by atoms with Crippen LogP contribution in [0.3, 0.4) is 0 Å². The molecule has 5 nitrogen and oxygen atoms in total. The zero-order chi connectivity index (χ0) is 15.2. The third-order valence-corrected chi connectivity index (χ3v) is 3.75. The Hall–Kier alpha value is -2.04. The standard InChI is InChI=1S/C16H22N2O3/c1-12-4-2-3-5-13(12)8-10-17-16(21)18(14-6-7-14)11-9-15(19)20/h2-5,14H,6-11H2,1H3,(H,17,21)(H,19,20). The van der Waals surface area contributed by atoms with E-state index >= 15 is 0 Å². The van der Waals surface area contributed by atoms with E-state index in [-0.39, 0.29) is 25.0 Å². The quantitative estimate of drug-likeness (QED) is 0.808. The lowest BCUT2D eigenvalue weighted by atomic mass is 10.1. The number of hydrogen-bond acceptors (Lipinski definition) is 2. The van der Waals surface area contributed by atoms with Crippen molar-refractivity contribution in [1.82, 2.24) is 10.2 Å². The maximum Gasteiger partial charge on any atom is 0.317 e. The Morgan fingerprint density at radius 2 is 2.05 bits per heavy atom. The molecular formula is C16H22N2O3. The van der Waals surface area contributed by atoms with Crippen LogP contribution in [0.2, 0.25) is 0 Å². The Morgan fingerprint density at radius 3 is 2.67 bits per heavy atom. The van der Waals surface area contributed by atoms with Crippen LogP contribution >= 0.6 is 0 Å². The largest absolute Gasteiger partial charge is 0.481 e. The number of rotatable bonds is 7. The topological polar surface area (TPSA) is 69.6 Å². The molecule has 2 N–H and O–H groups in total. The number of urea groups is 1. The second-order valence-electron chi connectivity index (χ2n) is 5.48. The van der Waals surface area contributed by atoms with Gasteiger partial charge >= 0.3 is 12.0 Å². The van der Waals surface area contributed by atoms with Gasteiger partial charge in [0.15, 0.2) is 0 Å². The van der Waals surface area contributed by atoms with Gasteiger partial charge < -0.3 is 15.3 Å². The summed E-state index contributed by atoms with van der Waals surface area (Å²) in [5, 5.41) is 11.6. The molecule has 1 saturated carbocycles. The predicted molar refractivity (Wildman–Crippen MR) is 80.3 cm³/mol. The minimum Gasteiger partial charge on any atom is -0.481 e. The molecule has 0 aliphatic heterocycles. The van der Waals surface area contributed by atoms with Crippen molar-refractivity contribution >= 4 is 12.0 Å². The van der Waals surface area contributed by atoms with Gasteiger partial charge in [0.1, 0.15) is 0 Å². The third kappa shape index (κ3) is 4.77. The lowest BCUT2D eigenvalue weighted by Gasteiger charge is -2.22. The van der Waals surface area contributed by atoms with Crippen LogP contribution in [0.15, 0.2) is 24.3 Å². The van der Waals surface area contributed by atoms with Gasteiger partial charge in [-0.3, -0.25) is 4.79 Å². The van der Waals surface area contributed by atoms with Gasteiger partial charge in [-0.15, -0.1) is 0 Å². The van der Waals surface area contributed by atoms with E-state index in [4.69, 9.17) is 5.11 Å². The summed E-state index contributed by atoms with van der Waals surface area (Å²) in [4.78, 5) is 24.4. The Balaban J connectivity index is 1.79. The smallest absolute Gasteiger partial charge is 0.317 e. The van der Waals surface area contributed by atoms with Crippen molar-refractivity contribution < 1.29 is 14.7 Å². The second kappa shape index (κ2) is 7.11. The summed E-state index contributed by atoms with van der Waals surface area (Å²) < 4.78 is 0. The van der Waals surface area contributed by atoms with E-state index in [1.807, 2.05) is 12.1 Å². The average molecular weight is 290 g/mol. The Kier molecular flexibility index (Phi) is 5.20. The summed E-state index contributed by atoms with van der Waals surface area (Å²) in [5.74, 6) is -0.867. The molecule has 2 rings (SSSR count). The van der Waals surface area contributed by atoms with E-state index in [0.29, 0.717) is 6.54 Å². The normalized spacial score (nSPS) is 13.8. The van der Waals surface area contributed by atoms with Crippen LogP contribution in [-0.2, 0) is 11.2 Å². The molecule has 0 bridgehead atoms. The molecule has 1 aliphatic rings. The van der Waals surface area contributed by atoms with Gasteiger partial charge in [0, 0.05) is 19.1 Å². The van der Waals surface area contributed by atoms with Gasteiger partial charge in [0.05, 0.1) is 6.42 Å². The molecule has 114 valence electrons. The van der Waals surface area contributed by atoms with E-state index in [2.05, 4.69) is 24.4 Å². The molecule has 2 amide bonds. The van der Waals surface area contributed by atoms with Gasteiger partial charge in [-0.2, -0.15) is 0 Å². The zero-order valence-corrected chi connectivity index (χ0v) is 12.3. The fourth-order valence-corrected chi connectivity index (χ4v) is 2.35. The summed E-state index contributed by atoms with van der Waals surface area (Å²) in [5.41, 5.74) is 2.44. The van der Waals surface area contributed by atoms with Crippen LogP contribution in [0.25, 0.3) is 0 Å². The average Bonchev–Trinajstić information content (AvgIpc) is 3.25. The molecule has 1 aromatic carbocycles. The van der Waals surface area contributed by atoms with Crippen molar-refractivity contribution in [3.8, 4) is 0 Å². The van der Waals surface area contributed by atoms with Crippen LogP contribution in [0.1, 0.15) is 30.4 Å². The number of carboxylic acid groups (broad SMARTS) is 1. The zero-order valence-electron chi connectivity index (χ0n) is 12.3. The third-order valence-electron chi connectivity index (χ3n) is 3.75. The SMILES string of the molecule is Cc1ccccc1CCNC(=O)N(CCC(=O)O)C1CC1. The van der Waals surface area contributed by atoms with E-state index in [9.17, 15) is 9.59 Å². The van der Waals surface area contributed by atoms with Gasteiger partial charge in [0.25, 0.3) is 0 Å². The molecule has 0 saturated heterocycles. The molecule has 0 heterocycles. The number of carbonyl (C=O) groups is 2. The van der Waals surface area contributed by atoms with Crippen LogP contribution in [0.5, 0.6) is 0 Å². The first-order chi connectivity index (χ1) is 10.1. The fraction of sp³-hybridized carbons (Fsp3) is 0.500. The van der Waals surface area contributed by atoms with Crippen molar-refractivity contribution in [3.05, 3.63) is 35.4 Å². The highest BCUT2D eigenvalue weighted by atomic mass is 16.4. The van der Waals surface area contributed by atoms with Crippen LogP contribution < -0.4 is 5.32 Å². The van der Waals surface area contributed by atoms with Crippen molar-refractivity contribution in [2.75, 3.05) is 13.1 Å². The molecule has 1 fully saturated rings. The first-order valence-corrected chi connectivity index (χ1v) is 7.38.